The van der Waals surface area contributed by atoms with E-state index in [2.05, 4.69) is 5.32 Å². The number of rotatable bonds is 7. The monoisotopic (exact) mass is 478 g/mol. The van der Waals surface area contributed by atoms with E-state index in [1.807, 2.05) is 0 Å². The Kier molecular flexibility index (Phi) is 7.23. The van der Waals surface area contributed by atoms with Gasteiger partial charge in [0.2, 0.25) is 10.0 Å². The topological polar surface area (TPSA) is 75.7 Å². The number of ether oxygens (including phenoxy) is 1. The number of anilines is 1. The summed E-state index contributed by atoms with van der Waals surface area (Å²) in [7, 11) is -0.810. The van der Waals surface area contributed by atoms with Crippen LogP contribution in [0, 0.1) is 0 Å². The zero-order valence-corrected chi connectivity index (χ0v) is 19.1. The molecule has 3 aromatic rings. The van der Waals surface area contributed by atoms with Gasteiger partial charge in [0, 0.05) is 40.5 Å². The van der Waals surface area contributed by atoms with Crippen molar-refractivity contribution in [3.05, 3.63) is 87.9 Å². The molecule has 31 heavy (non-hydrogen) atoms. The van der Waals surface area contributed by atoms with Crippen molar-refractivity contribution >= 4 is 44.8 Å². The van der Waals surface area contributed by atoms with Crippen LogP contribution in [0.15, 0.2) is 71.6 Å². The zero-order valence-electron chi connectivity index (χ0n) is 16.8. The third kappa shape index (κ3) is 5.57. The number of carbonyl (C=O) groups excluding carboxylic acids is 1. The molecule has 0 spiro atoms. The van der Waals surface area contributed by atoms with E-state index in [4.69, 9.17) is 27.9 Å². The highest BCUT2D eigenvalue weighted by Gasteiger charge is 2.22. The summed E-state index contributed by atoms with van der Waals surface area (Å²) in [5.41, 5.74) is 1.50. The lowest BCUT2D eigenvalue weighted by Gasteiger charge is -2.19. The number of benzene rings is 3. The van der Waals surface area contributed by atoms with Crippen LogP contribution in [0.5, 0.6) is 5.75 Å². The lowest BCUT2D eigenvalue weighted by atomic mass is 10.1. The minimum atomic E-state index is -3.76. The first kappa shape index (κ1) is 23.1. The molecule has 9 heteroatoms. The maximum Gasteiger partial charge on any atom is 0.255 e. The molecule has 0 atom stereocenters. The van der Waals surface area contributed by atoms with Gasteiger partial charge in [-0.25, -0.2) is 8.42 Å². The average molecular weight is 479 g/mol. The number of nitrogens with one attached hydrogen (secondary N) is 1. The Morgan fingerprint density at radius 2 is 1.55 bits per heavy atom. The van der Waals surface area contributed by atoms with Crippen LogP contribution in [0.25, 0.3) is 0 Å². The lowest BCUT2D eigenvalue weighted by molar-refractivity contribution is 0.102. The molecule has 0 fully saturated rings. The lowest BCUT2D eigenvalue weighted by Crippen LogP contribution is -2.27. The van der Waals surface area contributed by atoms with E-state index in [0.717, 1.165) is 0 Å². The number of hydrogen-bond donors (Lipinski definition) is 1. The first-order chi connectivity index (χ1) is 14.7. The molecule has 6 nitrogen and oxygen atoms in total. The standard InChI is InChI=1S/C22H20Cl2N2O4S/c1-26(31(28,29)20-10-6-18(24)7-11-20)14-16-13-15(3-12-21(16)30-2)22(27)25-19-8-4-17(23)5-9-19/h3-13H,14H2,1-2H3,(H,25,27). The van der Waals surface area contributed by atoms with Crippen molar-refractivity contribution < 1.29 is 17.9 Å². The van der Waals surface area contributed by atoms with Crippen LogP contribution in [0.2, 0.25) is 10.0 Å². The average Bonchev–Trinajstić information content (AvgIpc) is 2.75. The van der Waals surface area contributed by atoms with Crippen molar-refractivity contribution in [1.82, 2.24) is 4.31 Å². The van der Waals surface area contributed by atoms with E-state index in [0.29, 0.717) is 32.6 Å². The molecule has 0 aliphatic rings. The second-order valence-electron chi connectivity index (χ2n) is 6.70. The summed E-state index contributed by atoms with van der Waals surface area (Å²) in [6.07, 6.45) is 0. The maximum atomic E-state index is 12.9. The molecule has 0 unspecified atom stereocenters. The largest absolute Gasteiger partial charge is 0.496 e. The molecule has 0 aliphatic carbocycles. The van der Waals surface area contributed by atoms with Gasteiger partial charge in [-0.15, -0.1) is 0 Å². The van der Waals surface area contributed by atoms with E-state index in [1.54, 1.807) is 42.5 Å². The summed E-state index contributed by atoms with van der Waals surface area (Å²) in [5, 5.41) is 3.79. The normalized spacial score (nSPS) is 11.4. The number of carbonyl (C=O) groups is 1. The van der Waals surface area contributed by atoms with Crippen LogP contribution < -0.4 is 10.1 Å². The Morgan fingerprint density at radius 1 is 0.968 bits per heavy atom. The van der Waals surface area contributed by atoms with Crippen molar-refractivity contribution in [2.24, 2.45) is 0 Å². The smallest absolute Gasteiger partial charge is 0.255 e. The predicted octanol–water partition coefficient (Wildman–Crippen LogP) is 5.08. The van der Waals surface area contributed by atoms with Crippen molar-refractivity contribution in [2.45, 2.75) is 11.4 Å². The number of amides is 1. The second kappa shape index (κ2) is 9.70. The third-order valence-corrected chi connectivity index (χ3v) is 6.88. The molecule has 0 aliphatic heterocycles. The molecule has 0 saturated carbocycles. The number of halogens is 2. The molecule has 0 saturated heterocycles. The molecule has 0 bridgehead atoms. The zero-order chi connectivity index (χ0) is 22.6. The minimum Gasteiger partial charge on any atom is -0.496 e. The summed E-state index contributed by atoms with van der Waals surface area (Å²) < 4.78 is 32.3. The molecule has 162 valence electrons. The van der Waals surface area contributed by atoms with Gasteiger partial charge in [-0.2, -0.15) is 4.31 Å². The Hall–Kier alpha value is -2.58. The van der Waals surface area contributed by atoms with Crippen LogP contribution in [0.4, 0.5) is 5.69 Å². The van der Waals surface area contributed by atoms with Crippen LogP contribution in [-0.2, 0) is 16.6 Å². The van der Waals surface area contributed by atoms with Gasteiger partial charge in [0.15, 0.2) is 0 Å². The molecule has 0 radical (unpaired) electrons. The number of methoxy groups -OCH3 is 1. The minimum absolute atomic E-state index is 0.0101. The molecule has 1 amide bonds. The molecular weight excluding hydrogens is 459 g/mol. The maximum absolute atomic E-state index is 12.9. The summed E-state index contributed by atoms with van der Waals surface area (Å²) in [6.45, 7) is 0.0101. The fourth-order valence-corrected chi connectivity index (χ4v) is 4.29. The SMILES string of the molecule is COc1ccc(C(=O)Nc2ccc(Cl)cc2)cc1CN(C)S(=O)(=O)c1ccc(Cl)cc1. The van der Waals surface area contributed by atoms with Gasteiger partial charge < -0.3 is 10.1 Å². The van der Waals surface area contributed by atoms with E-state index in [1.165, 1.54) is 42.7 Å². The Balaban J connectivity index is 1.83. The Labute approximate surface area is 191 Å². The van der Waals surface area contributed by atoms with Gasteiger partial charge in [-0.3, -0.25) is 4.79 Å². The fourth-order valence-electron chi connectivity index (χ4n) is 2.89. The quantitative estimate of drug-likeness (QED) is 0.513. The molecule has 3 rings (SSSR count). The number of nitrogens with zero attached hydrogens (tertiary/aromatic N) is 1. The Bertz CT molecular complexity index is 1180. The number of hydrogen-bond acceptors (Lipinski definition) is 4. The van der Waals surface area contributed by atoms with Crippen molar-refractivity contribution in [2.75, 3.05) is 19.5 Å². The van der Waals surface area contributed by atoms with Gasteiger partial charge >= 0.3 is 0 Å². The summed E-state index contributed by atoms with van der Waals surface area (Å²) in [6, 6.07) is 17.5. The number of sulfonamides is 1. The van der Waals surface area contributed by atoms with Gasteiger partial charge in [-0.1, -0.05) is 23.2 Å². The van der Waals surface area contributed by atoms with Gasteiger partial charge in [-0.05, 0) is 66.7 Å². The van der Waals surface area contributed by atoms with E-state index < -0.39 is 10.0 Å². The van der Waals surface area contributed by atoms with Crippen molar-refractivity contribution in [1.29, 1.82) is 0 Å². The van der Waals surface area contributed by atoms with Gasteiger partial charge in [0.1, 0.15) is 5.75 Å². The van der Waals surface area contributed by atoms with Crippen LogP contribution in [-0.4, -0.2) is 32.8 Å². The van der Waals surface area contributed by atoms with Crippen LogP contribution >= 0.6 is 23.2 Å². The summed E-state index contributed by atoms with van der Waals surface area (Å²) in [5.74, 6) is 0.135. The summed E-state index contributed by atoms with van der Waals surface area (Å²) in [4.78, 5) is 12.8. The predicted molar refractivity (Wildman–Crippen MR) is 123 cm³/mol. The van der Waals surface area contributed by atoms with Crippen LogP contribution in [0.1, 0.15) is 15.9 Å². The molecule has 1 N–H and O–H groups in total. The molecule has 0 aromatic heterocycles. The van der Waals surface area contributed by atoms with E-state index >= 15 is 0 Å². The molecule has 0 heterocycles. The first-order valence-corrected chi connectivity index (χ1v) is 11.4. The molecule has 3 aromatic carbocycles. The fraction of sp³-hybridized carbons (Fsp3) is 0.136. The second-order valence-corrected chi connectivity index (χ2v) is 9.62. The van der Waals surface area contributed by atoms with E-state index in [9.17, 15) is 13.2 Å². The third-order valence-electron chi connectivity index (χ3n) is 4.56. The van der Waals surface area contributed by atoms with Crippen molar-refractivity contribution in [3.8, 4) is 5.75 Å². The van der Waals surface area contributed by atoms with Gasteiger partial charge in [0.05, 0.1) is 12.0 Å². The highest BCUT2D eigenvalue weighted by molar-refractivity contribution is 7.89. The summed E-state index contributed by atoms with van der Waals surface area (Å²) >= 11 is 11.7. The van der Waals surface area contributed by atoms with Crippen molar-refractivity contribution in [3.63, 3.8) is 0 Å². The highest BCUT2D eigenvalue weighted by atomic mass is 35.5. The van der Waals surface area contributed by atoms with Gasteiger partial charge in [0.25, 0.3) is 5.91 Å². The Morgan fingerprint density at radius 3 is 2.13 bits per heavy atom. The van der Waals surface area contributed by atoms with Crippen LogP contribution in [0.3, 0.4) is 0 Å². The first-order valence-electron chi connectivity index (χ1n) is 9.16. The highest BCUT2D eigenvalue weighted by Crippen LogP contribution is 2.25. The van der Waals surface area contributed by atoms with E-state index in [-0.39, 0.29) is 17.3 Å². The molecular formula is C22H20Cl2N2O4S.